The lowest BCUT2D eigenvalue weighted by Gasteiger charge is -2.23. The lowest BCUT2D eigenvalue weighted by Crippen LogP contribution is -2.37. The van der Waals surface area contributed by atoms with Gasteiger partial charge >= 0.3 is 0 Å². The SMILES string of the molecule is CC1(COc2ccc3c(c2)CNC3)CCCS1(=O)=O. The average Bonchev–Trinajstić information content (AvgIpc) is 2.92. The van der Waals surface area contributed by atoms with Crippen LogP contribution in [0.1, 0.15) is 30.9 Å². The van der Waals surface area contributed by atoms with Gasteiger partial charge in [0.2, 0.25) is 0 Å². The zero-order valence-electron chi connectivity index (χ0n) is 11.1. The molecule has 5 heteroatoms. The molecule has 1 aromatic rings. The molecule has 0 saturated carbocycles. The van der Waals surface area contributed by atoms with Crippen molar-refractivity contribution in [2.75, 3.05) is 12.4 Å². The zero-order chi connectivity index (χ0) is 13.5. The molecule has 4 nitrogen and oxygen atoms in total. The third kappa shape index (κ3) is 2.25. The van der Waals surface area contributed by atoms with Crippen molar-refractivity contribution in [1.82, 2.24) is 5.32 Å². The summed E-state index contributed by atoms with van der Waals surface area (Å²) in [4.78, 5) is 0. The van der Waals surface area contributed by atoms with E-state index < -0.39 is 14.6 Å². The number of hydrogen-bond acceptors (Lipinski definition) is 4. The molecule has 2 aliphatic heterocycles. The van der Waals surface area contributed by atoms with Gasteiger partial charge in [0.1, 0.15) is 17.1 Å². The minimum Gasteiger partial charge on any atom is -0.492 e. The fourth-order valence-corrected chi connectivity index (χ4v) is 4.51. The highest BCUT2D eigenvalue weighted by molar-refractivity contribution is 7.93. The molecule has 2 aliphatic rings. The second kappa shape index (κ2) is 4.49. The Kier molecular flexibility index (Phi) is 3.06. The largest absolute Gasteiger partial charge is 0.492 e. The van der Waals surface area contributed by atoms with Crippen molar-refractivity contribution in [1.29, 1.82) is 0 Å². The summed E-state index contributed by atoms with van der Waals surface area (Å²) in [5.74, 6) is 1.06. The highest BCUT2D eigenvalue weighted by Crippen LogP contribution is 2.33. The second-order valence-corrected chi connectivity index (χ2v) is 8.32. The number of hydrogen-bond donors (Lipinski definition) is 1. The van der Waals surface area contributed by atoms with E-state index in [1.807, 2.05) is 12.1 Å². The standard InChI is InChI=1S/C14H19NO3S/c1-14(5-2-6-19(14,16)17)10-18-13-4-3-11-8-15-9-12(11)7-13/h3-4,7,15H,2,5-6,8-10H2,1H3. The molecule has 1 fully saturated rings. The molecule has 0 bridgehead atoms. The van der Waals surface area contributed by atoms with E-state index in [0.717, 1.165) is 25.3 Å². The predicted molar refractivity (Wildman–Crippen MR) is 73.9 cm³/mol. The van der Waals surface area contributed by atoms with Crippen LogP contribution in [0.2, 0.25) is 0 Å². The lowest BCUT2D eigenvalue weighted by atomic mass is 10.1. The van der Waals surface area contributed by atoms with Gasteiger partial charge < -0.3 is 10.1 Å². The molecular weight excluding hydrogens is 262 g/mol. The molecule has 1 atom stereocenters. The zero-order valence-corrected chi connectivity index (χ0v) is 11.9. The third-order valence-corrected chi connectivity index (χ3v) is 6.87. The van der Waals surface area contributed by atoms with Gasteiger partial charge in [-0.25, -0.2) is 8.42 Å². The first-order valence-electron chi connectivity index (χ1n) is 6.68. The van der Waals surface area contributed by atoms with Gasteiger partial charge in [0.15, 0.2) is 9.84 Å². The Bertz CT molecular complexity index is 597. The lowest BCUT2D eigenvalue weighted by molar-refractivity contribution is 0.269. The van der Waals surface area contributed by atoms with Gasteiger partial charge in [-0.15, -0.1) is 0 Å². The van der Waals surface area contributed by atoms with Crippen molar-refractivity contribution in [3.05, 3.63) is 29.3 Å². The van der Waals surface area contributed by atoms with Gasteiger partial charge in [-0.2, -0.15) is 0 Å². The van der Waals surface area contributed by atoms with Gasteiger partial charge in [0.05, 0.1) is 5.75 Å². The van der Waals surface area contributed by atoms with Crippen LogP contribution in [0.25, 0.3) is 0 Å². The summed E-state index contributed by atoms with van der Waals surface area (Å²) in [7, 11) is -3.01. The molecule has 3 rings (SSSR count). The van der Waals surface area contributed by atoms with Gasteiger partial charge in [-0.1, -0.05) is 6.07 Å². The summed E-state index contributed by atoms with van der Waals surface area (Å²) in [6.45, 7) is 3.82. The maximum atomic E-state index is 12.0. The molecular formula is C14H19NO3S. The number of ether oxygens (including phenoxy) is 1. The molecule has 1 N–H and O–H groups in total. The number of sulfone groups is 1. The fourth-order valence-electron chi connectivity index (χ4n) is 2.80. The predicted octanol–water partition coefficient (Wildman–Crippen LogP) is 1.64. The van der Waals surface area contributed by atoms with Crippen LogP contribution in [0.3, 0.4) is 0 Å². The maximum absolute atomic E-state index is 12.0. The molecule has 0 aromatic heterocycles. The Hall–Kier alpha value is -1.07. The molecule has 104 valence electrons. The van der Waals surface area contributed by atoms with Crippen molar-refractivity contribution in [3.63, 3.8) is 0 Å². The average molecular weight is 281 g/mol. The van der Waals surface area contributed by atoms with E-state index in [4.69, 9.17) is 4.74 Å². The van der Waals surface area contributed by atoms with E-state index in [2.05, 4.69) is 11.4 Å². The van der Waals surface area contributed by atoms with Crippen LogP contribution in [0.15, 0.2) is 18.2 Å². The second-order valence-electron chi connectivity index (χ2n) is 5.70. The van der Waals surface area contributed by atoms with E-state index in [1.165, 1.54) is 11.1 Å². The van der Waals surface area contributed by atoms with Gasteiger partial charge in [0, 0.05) is 13.1 Å². The summed E-state index contributed by atoms with van der Waals surface area (Å²) in [6.07, 6.45) is 1.44. The first-order chi connectivity index (χ1) is 9.00. The van der Waals surface area contributed by atoms with Crippen LogP contribution in [-0.4, -0.2) is 25.5 Å². The Labute approximate surface area is 114 Å². The summed E-state index contributed by atoms with van der Waals surface area (Å²) in [5, 5.41) is 3.28. The molecule has 0 amide bonds. The van der Waals surface area contributed by atoms with E-state index in [-0.39, 0.29) is 6.61 Å². The van der Waals surface area contributed by atoms with Crippen molar-refractivity contribution < 1.29 is 13.2 Å². The van der Waals surface area contributed by atoms with Crippen LogP contribution in [-0.2, 0) is 22.9 Å². The van der Waals surface area contributed by atoms with E-state index in [0.29, 0.717) is 12.2 Å². The molecule has 0 spiro atoms. The van der Waals surface area contributed by atoms with Gasteiger partial charge in [-0.05, 0) is 43.0 Å². The van der Waals surface area contributed by atoms with E-state index in [9.17, 15) is 8.42 Å². The quantitative estimate of drug-likeness (QED) is 0.915. The Morgan fingerprint density at radius 3 is 2.84 bits per heavy atom. The highest BCUT2D eigenvalue weighted by Gasteiger charge is 2.44. The Morgan fingerprint density at radius 1 is 1.32 bits per heavy atom. The minimum atomic E-state index is -3.01. The highest BCUT2D eigenvalue weighted by atomic mass is 32.2. The molecule has 0 aliphatic carbocycles. The number of benzene rings is 1. The first kappa shape index (κ1) is 12.9. The molecule has 1 saturated heterocycles. The van der Waals surface area contributed by atoms with Gasteiger partial charge in [-0.3, -0.25) is 0 Å². The van der Waals surface area contributed by atoms with E-state index >= 15 is 0 Å². The van der Waals surface area contributed by atoms with Crippen LogP contribution in [0, 0.1) is 0 Å². The normalized spacial score (nSPS) is 28.3. The van der Waals surface area contributed by atoms with Gasteiger partial charge in [0.25, 0.3) is 0 Å². The molecule has 19 heavy (non-hydrogen) atoms. The summed E-state index contributed by atoms with van der Waals surface area (Å²) < 4.78 is 29.0. The summed E-state index contributed by atoms with van der Waals surface area (Å²) in [5.41, 5.74) is 2.55. The number of nitrogens with one attached hydrogen (secondary N) is 1. The minimum absolute atomic E-state index is 0.252. The van der Waals surface area contributed by atoms with Crippen LogP contribution >= 0.6 is 0 Å². The summed E-state index contributed by atoms with van der Waals surface area (Å²) in [6, 6.07) is 5.99. The van der Waals surface area contributed by atoms with Crippen molar-refractivity contribution in [3.8, 4) is 5.75 Å². The molecule has 1 aromatic carbocycles. The van der Waals surface area contributed by atoms with Crippen molar-refractivity contribution in [2.45, 2.75) is 37.6 Å². The van der Waals surface area contributed by atoms with Crippen molar-refractivity contribution in [2.24, 2.45) is 0 Å². The van der Waals surface area contributed by atoms with Crippen LogP contribution < -0.4 is 10.1 Å². The topological polar surface area (TPSA) is 55.4 Å². The summed E-state index contributed by atoms with van der Waals surface area (Å²) >= 11 is 0. The van der Waals surface area contributed by atoms with E-state index in [1.54, 1.807) is 6.92 Å². The van der Waals surface area contributed by atoms with Crippen molar-refractivity contribution >= 4 is 9.84 Å². The first-order valence-corrected chi connectivity index (χ1v) is 8.33. The molecule has 1 unspecified atom stereocenters. The third-order valence-electron chi connectivity index (χ3n) is 4.22. The maximum Gasteiger partial charge on any atom is 0.159 e. The Morgan fingerprint density at radius 2 is 2.11 bits per heavy atom. The molecule has 0 radical (unpaired) electrons. The Balaban J connectivity index is 1.73. The van der Waals surface area contributed by atoms with Crippen LogP contribution in [0.5, 0.6) is 5.75 Å². The smallest absolute Gasteiger partial charge is 0.159 e. The fraction of sp³-hybridized carbons (Fsp3) is 0.571. The van der Waals surface area contributed by atoms with Crippen LogP contribution in [0.4, 0.5) is 0 Å². The monoisotopic (exact) mass is 281 g/mol. The molecule has 2 heterocycles. The number of fused-ring (bicyclic) bond motifs is 1. The number of rotatable bonds is 3.